The summed E-state index contributed by atoms with van der Waals surface area (Å²) in [5, 5.41) is 15.8. The van der Waals surface area contributed by atoms with E-state index in [4.69, 9.17) is 9.47 Å². The van der Waals surface area contributed by atoms with Gasteiger partial charge < -0.3 is 0 Å². The monoisotopic (exact) mass is 447 g/mol. The molecule has 7 nitrogen and oxygen atoms in total. The molecule has 2 aromatic carbocycles. The van der Waals surface area contributed by atoms with Gasteiger partial charge in [0.15, 0.2) is 0 Å². The van der Waals surface area contributed by atoms with Crippen LogP contribution in [0.15, 0.2) is 42.5 Å². The molecule has 2 rings (SSSR count). The molecular weight excluding hydrogens is 423 g/mol. The Kier molecular flexibility index (Phi) is 8.82. The predicted octanol–water partition coefficient (Wildman–Crippen LogP) is 3.52. The molecular formula is C20H24AsN2O5. The average Bonchev–Trinajstić information content (AvgIpc) is 2.72. The van der Waals surface area contributed by atoms with Crippen molar-refractivity contribution in [1.29, 1.82) is 0 Å². The summed E-state index contributed by atoms with van der Waals surface area (Å²) in [7, 11) is 3.27. The Labute approximate surface area is 171 Å². The second-order valence-corrected chi connectivity index (χ2v) is 8.84. The fourth-order valence-electron chi connectivity index (χ4n) is 2.59. The van der Waals surface area contributed by atoms with Gasteiger partial charge in [0.2, 0.25) is 0 Å². The Morgan fingerprint density at radius 3 is 2.43 bits per heavy atom. The van der Waals surface area contributed by atoms with Crippen LogP contribution in [0, 0.1) is 10.1 Å². The molecule has 0 unspecified atom stereocenters. The van der Waals surface area contributed by atoms with Gasteiger partial charge in [-0.05, 0) is 0 Å². The van der Waals surface area contributed by atoms with Gasteiger partial charge in [-0.1, -0.05) is 0 Å². The van der Waals surface area contributed by atoms with Crippen molar-refractivity contribution >= 4 is 27.3 Å². The van der Waals surface area contributed by atoms with Crippen LogP contribution in [0.1, 0.15) is 22.3 Å². The Hall–Kier alpha value is -2.53. The quantitative estimate of drug-likeness (QED) is 0.246. The summed E-state index contributed by atoms with van der Waals surface area (Å²) in [6, 6.07) is 11.6. The zero-order valence-corrected chi connectivity index (χ0v) is 17.9. The summed E-state index contributed by atoms with van der Waals surface area (Å²) in [6.45, 7) is 0.613. The van der Waals surface area contributed by atoms with E-state index >= 15 is 0 Å². The number of nitro benzene ring substituents is 1. The summed E-state index contributed by atoms with van der Waals surface area (Å²) in [6.07, 6.45) is 1.94. The van der Waals surface area contributed by atoms with E-state index in [1.807, 2.05) is 12.1 Å². The van der Waals surface area contributed by atoms with Gasteiger partial charge in [0.25, 0.3) is 0 Å². The molecule has 2 aromatic rings. The van der Waals surface area contributed by atoms with Crippen molar-refractivity contribution in [3.05, 3.63) is 63.7 Å². The molecule has 0 spiro atoms. The molecule has 1 N–H and O–H groups in total. The van der Waals surface area contributed by atoms with E-state index in [1.165, 1.54) is 29.8 Å². The third-order valence-electron chi connectivity index (χ3n) is 4.13. The number of nitro groups is 1. The molecule has 0 fully saturated rings. The summed E-state index contributed by atoms with van der Waals surface area (Å²) >= 11 is 0.222. The molecule has 1 amide bonds. The number of hydrogen-bond acceptors (Lipinski definition) is 5. The normalized spacial score (nSPS) is 10.8. The van der Waals surface area contributed by atoms with Crippen LogP contribution < -0.4 is 14.8 Å². The molecule has 0 bridgehead atoms. The van der Waals surface area contributed by atoms with Crippen LogP contribution in [0.4, 0.5) is 5.69 Å². The first kappa shape index (κ1) is 21.8. The Balaban J connectivity index is 1.63. The zero-order valence-electron chi connectivity index (χ0n) is 16.0. The summed E-state index contributed by atoms with van der Waals surface area (Å²) in [5.74, 6) is 1.30. The van der Waals surface area contributed by atoms with Crippen molar-refractivity contribution in [2.75, 3.05) is 20.8 Å². The summed E-state index contributed by atoms with van der Waals surface area (Å²) in [5.41, 5.74) is 1.65. The SMILES string of the molecule is COc1ccc(CC[As]CCCNC(=O)c2ccc([N+](=O)[O-])cc2)cc1OC. The Morgan fingerprint density at radius 2 is 1.79 bits per heavy atom. The first-order valence-corrected chi connectivity index (χ1v) is 11.6. The van der Waals surface area contributed by atoms with Crippen LogP contribution >= 0.6 is 0 Å². The van der Waals surface area contributed by atoms with E-state index in [0.29, 0.717) is 12.1 Å². The van der Waals surface area contributed by atoms with Crippen molar-refractivity contribution < 1.29 is 19.2 Å². The van der Waals surface area contributed by atoms with E-state index < -0.39 is 4.92 Å². The number of methoxy groups -OCH3 is 2. The van der Waals surface area contributed by atoms with Gasteiger partial charge in [-0.25, -0.2) is 0 Å². The second-order valence-electron chi connectivity index (χ2n) is 6.02. The van der Waals surface area contributed by atoms with E-state index in [1.54, 1.807) is 14.2 Å². The van der Waals surface area contributed by atoms with Gasteiger partial charge in [0.05, 0.1) is 0 Å². The van der Waals surface area contributed by atoms with Gasteiger partial charge in [-0.15, -0.1) is 0 Å². The van der Waals surface area contributed by atoms with Gasteiger partial charge >= 0.3 is 171 Å². The number of nitrogens with one attached hydrogen (secondary N) is 1. The number of carbonyl (C=O) groups excluding carboxylic acids is 1. The second kappa shape index (κ2) is 11.3. The zero-order chi connectivity index (χ0) is 20.4. The van der Waals surface area contributed by atoms with Gasteiger partial charge in [-0.3, -0.25) is 0 Å². The van der Waals surface area contributed by atoms with Crippen molar-refractivity contribution in [2.24, 2.45) is 0 Å². The summed E-state index contributed by atoms with van der Waals surface area (Å²) in [4.78, 5) is 22.2. The third kappa shape index (κ3) is 6.57. The van der Waals surface area contributed by atoms with E-state index in [9.17, 15) is 14.9 Å². The topological polar surface area (TPSA) is 90.7 Å². The van der Waals surface area contributed by atoms with Crippen LogP contribution in [-0.2, 0) is 6.42 Å². The number of hydrogen-bond donors (Lipinski definition) is 1. The fraction of sp³-hybridized carbons (Fsp3) is 0.350. The number of non-ortho nitro benzene ring substituents is 1. The number of benzene rings is 2. The van der Waals surface area contributed by atoms with E-state index in [0.717, 1.165) is 34.8 Å². The predicted molar refractivity (Wildman–Crippen MR) is 109 cm³/mol. The molecule has 28 heavy (non-hydrogen) atoms. The maximum absolute atomic E-state index is 12.0. The van der Waals surface area contributed by atoms with E-state index in [-0.39, 0.29) is 27.3 Å². The number of aryl methyl sites for hydroxylation is 1. The van der Waals surface area contributed by atoms with Crippen LogP contribution in [0.2, 0.25) is 10.4 Å². The molecule has 149 valence electrons. The Morgan fingerprint density at radius 1 is 1.07 bits per heavy atom. The first-order valence-electron chi connectivity index (χ1n) is 8.92. The molecule has 1 radical (unpaired) electrons. The third-order valence-corrected chi connectivity index (χ3v) is 6.58. The number of amides is 1. The van der Waals surface area contributed by atoms with Crippen LogP contribution in [-0.4, -0.2) is 47.3 Å². The Bertz CT molecular complexity index is 796. The molecule has 0 aliphatic rings. The van der Waals surface area contributed by atoms with Crippen molar-refractivity contribution in [1.82, 2.24) is 5.32 Å². The van der Waals surface area contributed by atoms with Crippen molar-refractivity contribution in [2.45, 2.75) is 23.3 Å². The minimum atomic E-state index is -0.479. The molecule has 0 aliphatic carbocycles. The number of carbonyl (C=O) groups is 1. The molecule has 0 saturated carbocycles. The molecule has 0 atom stereocenters. The maximum atomic E-state index is 12.0. The fourth-order valence-corrected chi connectivity index (χ4v) is 4.73. The molecule has 0 heterocycles. The van der Waals surface area contributed by atoms with Crippen LogP contribution in [0.3, 0.4) is 0 Å². The number of nitrogens with zero attached hydrogens (tertiary/aromatic N) is 1. The van der Waals surface area contributed by atoms with Gasteiger partial charge in [0.1, 0.15) is 0 Å². The van der Waals surface area contributed by atoms with Crippen molar-refractivity contribution in [3.8, 4) is 11.5 Å². The van der Waals surface area contributed by atoms with Crippen LogP contribution in [0.5, 0.6) is 11.5 Å². The number of rotatable bonds is 11. The molecule has 8 heteroatoms. The minimum absolute atomic E-state index is 0.0184. The molecule has 0 aliphatic heterocycles. The number of ether oxygens (including phenoxy) is 2. The van der Waals surface area contributed by atoms with Crippen molar-refractivity contribution in [3.63, 3.8) is 0 Å². The van der Waals surface area contributed by atoms with E-state index in [2.05, 4.69) is 11.4 Å². The average molecular weight is 447 g/mol. The molecule has 0 aromatic heterocycles. The van der Waals surface area contributed by atoms with Gasteiger partial charge in [-0.2, -0.15) is 0 Å². The van der Waals surface area contributed by atoms with Crippen LogP contribution in [0.25, 0.3) is 0 Å². The first-order chi connectivity index (χ1) is 13.5. The standard InChI is InChI=1S/C20H24AsN2O5/c1-27-18-9-4-15(14-19(18)28-2)10-12-21-11-3-13-22-20(24)16-5-7-17(8-6-16)23(25)26/h4-9,14H,3,10-13H2,1-2H3,(H,22,24). The molecule has 0 saturated heterocycles. The van der Waals surface area contributed by atoms with Gasteiger partial charge in [0, 0.05) is 0 Å². The summed E-state index contributed by atoms with van der Waals surface area (Å²) < 4.78 is 10.6.